The molecule has 0 saturated heterocycles. The van der Waals surface area contributed by atoms with E-state index in [0.29, 0.717) is 0 Å². The van der Waals surface area contributed by atoms with E-state index < -0.39 is 0 Å². The first-order chi connectivity index (χ1) is 31.3. The van der Waals surface area contributed by atoms with Crippen molar-refractivity contribution in [3.05, 3.63) is 270 Å². The summed E-state index contributed by atoms with van der Waals surface area (Å²) in [5.41, 5.74) is 21.3. The number of nitrogens with zero attached hydrogens (tertiary/aromatic N) is 2. The van der Waals surface area contributed by atoms with Gasteiger partial charge in [-0.25, -0.2) is 0 Å². The molecule has 0 amide bonds. The Bertz CT molecular complexity index is 3420. The Morgan fingerprint density at radius 1 is 0.429 bits per heavy atom. The maximum absolute atomic E-state index is 2.54. The first kappa shape index (κ1) is 35.8. The molecule has 10 aromatic rings. The summed E-state index contributed by atoms with van der Waals surface area (Å²) in [6, 6.07) is 82.8. The van der Waals surface area contributed by atoms with Crippen molar-refractivity contribution in [3.63, 3.8) is 0 Å². The Hall–Kier alpha value is -7.94. The van der Waals surface area contributed by atoms with Gasteiger partial charge >= 0.3 is 0 Å². The molecule has 2 heteroatoms. The van der Waals surface area contributed by atoms with E-state index in [2.05, 4.69) is 246 Å². The molecule has 9 aromatic carbocycles. The molecule has 1 spiro atoms. The lowest BCUT2D eigenvalue weighted by molar-refractivity contribution is 0.701. The van der Waals surface area contributed by atoms with E-state index in [4.69, 9.17) is 0 Å². The zero-order chi connectivity index (χ0) is 41.5. The fourth-order valence-corrected chi connectivity index (χ4v) is 11.3. The number of allylic oxidation sites excluding steroid dienone is 3. The third-order valence-corrected chi connectivity index (χ3v) is 14.0. The third-order valence-electron chi connectivity index (χ3n) is 14.0. The third kappa shape index (κ3) is 5.31. The van der Waals surface area contributed by atoms with Gasteiger partial charge in [0.25, 0.3) is 0 Å². The van der Waals surface area contributed by atoms with Crippen LogP contribution in [-0.4, -0.2) is 4.57 Å². The van der Waals surface area contributed by atoms with Gasteiger partial charge in [-0.15, -0.1) is 0 Å². The van der Waals surface area contributed by atoms with Crippen molar-refractivity contribution in [1.82, 2.24) is 4.57 Å². The summed E-state index contributed by atoms with van der Waals surface area (Å²) in [7, 11) is 0. The molecule has 0 aliphatic heterocycles. The largest absolute Gasteiger partial charge is 0.311 e. The summed E-state index contributed by atoms with van der Waals surface area (Å²) in [4.78, 5) is 2.47. The molecular weight excluding hydrogens is 761 g/mol. The fourth-order valence-electron chi connectivity index (χ4n) is 11.3. The van der Waals surface area contributed by atoms with Crippen molar-refractivity contribution in [1.29, 1.82) is 0 Å². The van der Waals surface area contributed by atoms with Gasteiger partial charge in [0, 0.05) is 39.4 Å². The molecule has 3 aliphatic carbocycles. The highest BCUT2D eigenvalue weighted by Gasteiger charge is 2.55. The lowest BCUT2D eigenvalue weighted by atomic mass is 9.68. The van der Waals surface area contributed by atoms with Crippen LogP contribution in [0.4, 0.5) is 11.4 Å². The van der Waals surface area contributed by atoms with E-state index >= 15 is 0 Å². The normalized spacial score (nSPS) is 15.4. The van der Waals surface area contributed by atoms with Gasteiger partial charge in [0.1, 0.15) is 0 Å². The summed E-state index contributed by atoms with van der Waals surface area (Å²) in [5, 5.41) is 2.51. The maximum Gasteiger partial charge on any atom is 0.0686 e. The molecule has 2 nitrogen and oxygen atoms in total. The minimum Gasteiger partial charge on any atom is -0.311 e. The van der Waals surface area contributed by atoms with Gasteiger partial charge in [-0.2, -0.15) is 0 Å². The van der Waals surface area contributed by atoms with Crippen LogP contribution in [0, 0.1) is 0 Å². The Morgan fingerprint density at radius 3 is 1.65 bits per heavy atom. The Kier molecular flexibility index (Phi) is 7.98. The van der Waals surface area contributed by atoms with Crippen molar-refractivity contribution < 1.29 is 0 Å². The molecule has 0 bridgehead atoms. The van der Waals surface area contributed by atoms with Crippen LogP contribution in [0.3, 0.4) is 0 Å². The molecule has 296 valence electrons. The van der Waals surface area contributed by atoms with E-state index in [0.717, 1.165) is 17.8 Å². The number of para-hydroxylation sites is 2. The zero-order valence-corrected chi connectivity index (χ0v) is 34.7. The number of hydrogen-bond donors (Lipinski definition) is 0. The lowest BCUT2D eigenvalue weighted by Crippen LogP contribution is -2.29. The van der Waals surface area contributed by atoms with E-state index in [9.17, 15) is 0 Å². The minimum atomic E-state index is -0.358. The van der Waals surface area contributed by atoms with Crippen molar-refractivity contribution in [3.8, 4) is 39.1 Å². The summed E-state index contributed by atoms with van der Waals surface area (Å²) in [6.45, 7) is 0. The molecule has 0 fully saturated rings. The highest BCUT2D eigenvalue weighted by atomic mass is 15.1. The van der Waals surface area contributed by atoms with E-state index in [1.165, 1.54) is 94.4 Å². The van der Waals surface area contributed by atoms with E-state index in [-0.39, 0.29) is 11.3 Å². The molecule has 0 N–H and O–H groups in total. The van der Waals surface area contributed by atoms with Crippen LogP contribution in [-0.2, 0) is 5.41 Å². The van der Waals surface area contributed by atoms with Crippen molar-refractivity contribution in [2.24, 2.45) is 0 Å². The monoisotopic (exact) mass is 802 g/mol. The second-order valence-corrected chi connectivity index (χ2v) is 17.2. The van der Waals surface area contributed by atoms with Gasteiger partial charge in [-0.05, 0) is 128 Å². The number of anilines is 2. The van der Waals surface area contributed by atoms with Crippen LogP contribution in [0.15, 0.2) is 248 Å². The van der Waals surface area contributed by atoms with Gasteiger partial charge in [0.15, 0.2) is 0 Å². The SMILES string of the molecule is C1=C(N(c2ccc(-c3ccccc3)cc2)c2ccc(-c3ccc4c(c3)c3ccccc3n4-c3ccccc3)cc2)C=C2C(C1)c1ccccc1C21c2ccccc2-c2ccccc21. The second-order valence-electron chi connectivity index (χ2n) is 17.2. The molecule has 0 saturated carbocycles. The molecular formula is C61H42N2. The highest BCUT2D eigenvalue weighted by molar-refractivity contribution is 6.10. The van der Waals surface area contributed by atoms with E-state index in [1.807, 2.05) is 0 Å². The molecule has 1 unspecified atom stereocenters. The summed E-state index contributed by atoms with van der Waals surface area (Å²) in [6.07, 6.45) is 5.95. The maximum atomic E-state index is 2.54. The minimum absolute atomic E-state index is 0.289. The molecule has 1 aromatic heterocycles. The van der Waals surface area contributed by atoms with Gasteiger partial charge < -0.3 is 9.47 Å². The number of benzene rings is 9. The predicted molar refractivity (Wildman–Crippen MR) is 262 cm³/mol. The first-order valence-corrected chi connectivity index (χ1v) is 22.1. The standard InChI is InChI=1S/C61H42N2/c1-3-15-41(16-4-1)42-27-32-46(33-28-42)62(47-34-29-43(30-35-47)44-31-38-60-54(39-44)53-22-10-14-26-59(53)63(60)45-17-5-2-6-18-45)48-36-37-52-51-21-9-13-25-57(51)61(58(52)40-48)55-23-11-7-19-49(55)50-20-8-12-24-56(50)61/h1-36,38-40,52H,37H2. The molecule has 1 heterocycles. The molecule has 63 heavy (non-hydrogen) atoms. The molecule has 0 radical (unpaired) electrons. The van der Waals surface area contributed by atoms with Gasteiger partial charge in [0.2, 0.25) is 0 Å². The van der Waals surface area contributed by atoms with Gasteiger partial charge in [0.05, 0.1) is 16.4 Å². The van der Waals surface area contributed by atoms with Crippen LogP contribution in [0.25, 0.3) is 60.9 Å². The smallest absolute Gasteiger partial charge is 0.0686 e. The molecule has 13 rings (SSSR count). The van der Waals surface area contributed by atoms with Crippen molar-refractivity contribution in [2.75, 3.05) is 4.90 Å². The van der Waals surface area contributed by atoms with Gasteiger partial charge in [-0.1, -0.05) is 176 Å². The van der Waals surface area contributed by atoms with Crippen molar-refractivity contribution >= 4 is 33.2 Å². The second kappa shape index (κ2) is 14.1. The Labute approximate surface area is 368 Å². The zero-order valence-electron chi connectivity index (χ0n) is 34.7. The number of aromatic nitrogens is 1. The van der Waals surface area contributed by atoms with Crippen LogP contribution in [0.2, 0.25) is 0 Å². The topological polar surface area (TPSA) is 8.17 Å². The van der Waals surface area contributed by atoms with Gasteiger partial charge in [-0.3, -0.25) is 0 Å². The Balaban J connectivity index is 0.951. The average molecular weight is 803 g/mol. The predicted octanol–water partition coefficient (Wildman–Crippen LogP) is 15.6. The lowest BCUT2D eigenvalue weighted by Gasteiger charge is -2.36. The summed E-state index contributed by atoms with van der Waals surface area (Å²) >= 11 is 0. The number of hydrogen-bond acceptors (Lipinski definition) is 1. The van der Waals surface area contributed by atoms with Crippen LogP contribution in [0.5, 0.6) is 0 Å². The average Bonchev–Trinajstić information content (AvgIpc) is 3.96. The fraction of sp³-hybridized carbons (Fsp3) is 0.0492. The number of fused-ring (bicyclic) bond motifs is 13. The quantitative estimate of drug-likeness (QED) is 0.163. The number of rotatable bonds is 6. The summed E-state index contributed by atoms with van der Waals surface area (Å²) in [5.74, 6) is 0.289. The molecule has 3 aliphatic rings. The van der Waals surface area contributed by atoms with Crippen LogP contribution in [0.1, 0.15) is 34.6 Å². The highest BCUT2D eigenvalue weighted by Crippen LogP contribution is 2.65. The van der Waals surface area contributed by atoms with Crippen molar-refractivity contribution in [2.45, 2.75) is 17.8 Å². The van der Waals surface area contributed by atoms with E-state index in [1.54, 1.807) is 0 Å². The summed E-state index contributed by atoms with van der Waals surface area (Å²) < 4.78 is 2.38. The van der Waals surface area contributed by atoms with Crippen LogP contribution >= 0.6 is 0 Å². The Morgan fingerprint density at radius 2 is 0.952 bits per heavy atom. The first-order valence-electron chi connectivity index (χ1n) is 22.1. The molecule has 1 atom stereocenters. The van der Waals surface area contributed by atoms with Crippen LogP contribution < -0.4 is 4.90 Å².